The molecule has 0 saturated heterocycles. The first-order valence-electron chi connectivity index (χ1n) is 9.55. The maximum absolute atomic E-state index is 15.1. The molecule has 0 saturated carbocycles. The van der Waals surface area contributed by atoms with Crippen molar-refractivity contribution in [2.45, 2.75) is 10.9 Å². The highest BCUT2D eigenvalue weighted by molar-refractivity contribution is 8.00. The number of aryl methyl sites for hydroxylation is 1. The van der Waals surface area contributed by atoms with E-state index in [1.165, 1.54) is 18.0 Å². The molecule has 1 atom stereocenters. The molecule has 2 aromatic heterocycles. The molecule has 0 spiro atoms. The lowest BCUT2D eigenvalue weighted by atomic mass is 10.0. The molecule has 1 aliphatic rings. The van der Waals surface area contributed by atoms with Crippen LogP contribution in [-0.4, -0.2) is 20.8 Å². The average molecular weight is 453 g/mol. The van der Waals surface area contributed by atoms with Crippen molar-refractivity contribution in [3.05, 3.63) is 89.2 Å². The first-order chi connectivity index (χ1) is 15.1. The highest BCUT2D eigenvalue weighted by Gasteiger charge is 2.24. The van der Waals surface area contributed by atoms with Crippen molar-refractivity contribution in [3.8, 4) is 11.1 Å². The molecule has 0 radical (unpaired) electrons. The molecule has 2 aromatic carbocycles. The van der Waals surface area contributed by atoms with E-state index in [0.29, 0.717) is 16.3 Å². The molecule has 31 heavy (non-hydrogen) atoms. The van der Waals surface area contributed by atoms with Crippen LogP contribution in [0, 0.1) is 5.82 Å². The Labute approximate surface area is 187 Å². The quantitative estimate of drug-likeness (QED) is 0.404. The Hall–Kier alpha value is -3.23. The molecular weight excluding hydrogens is 435 g/mol. The van der Waals surface area contributed by atoms with Crippen molar-refractivity contribution in [2.24, 2.45) is 12.1 Å². The Morgan fingerprint density at radius 1 is 1.10 bits per heavy atom. The van der Waals surface area contributed by atoms with E-state index in [1.807, 2.05) is 55.8 Å². The second kappa shape index (κ2) is 8.13. The van der Waals surface area contributed by atoms with Crippen LogP contribution in [0.25, 0.3) is 11.1 Å². The van der Waals surface area contributed by atoms with E-state index in [-0.39, 0.29) is 11.9 Å². The van der Waals surface area contributed by atoms with Gasteiger partial charge in [0.25, 0.3) is 0 Å². The number of hydrogen-bond donors (Lipinski definition) is 2. The summed E-state index contributed by atoms with van der Waals surface area (Å²) in [5, 5.41) is 12.4. The fourth-order valence-corrected chi connectivity index (χ4v) is 4.22. The molecule has 0 fully saturated rings. The maximum Gasteiger partial charge on any atom is 0.130 e. The van der Waals surface area contributed by atoms with Crippen molar-refractivity contribution in [1.29, 1.82) is 0 Å². The zero-order valence-electron chi connectivity index (χ0n) is 16.5. The van der Waals surface area contributed by atoms with Gasteiger partial charge in [-0.2, -0.15) is 10.2 Å². The van der Waals surface area contributed by atoms with Gasteiger partial charge in [0.05, 0.1) is 17.9 Å². The van der Waals surface area contributed by atoms with Crippen molar-refractivity contribution < 1.29 is 4.39 Å². The van der Waals surface area contributed by atoms with E-state index in [9.17, 15) is 0 Å². The second-order valence-corrected chi connectivity index (χ2v) is 8.46. The molecule has 1 unspecified atom stereocenters. The minimum atomic E-state index is -0.346. The van der Waals surface area contributed by atoms with Crippen molar-refractivity contribution >= 4 is 35.6 Å². The molecule has 2 N–H and O–H groups in total. The van der Waals surface area contributed by atoms with Gasteiger partial charge >= 0.3 is 0 Å². The average Bonchev–Trinajstić information content (AvgIpc) is 3.39. The molecule has 1 aliphatic heterocycles. The molecule has 6 nitrogen and oxygen atoms in total. The first kappa shape index (κ1) is 19.7. The third-order valence-corrected chi connectivity index (χ3v) is 6.10. The van der Waals surface area contributed by atoms with Crippen LogP contribution in [-0.2, 0) is 7.05 Å². The zero-order chi connectivity index (χ0) is 21.4. The second-order valence-electron chi connectivity index (χ2n) is 7.14. The van der Waals surface area contributed by atoms with E-state index in [0.717, 1.165) is 21.7 Å². The molecule has 0 amide bonds. The maximum atomic E-state index is 15.1. The summed E-state index contributed by atoms with van der Waals surface area (Å²) >= 11 is 7.31. The number of anilines is 1. The summed E-state index contributed by atoms with van der Waals surface area (Å²) < 4.78 is 21.8. The SMILES string of the molecule is Cn1cc(-c2cc3n(c2)N=CNC3c2ccc(NSc3ccc(Cl)cc3)cc2F)cn1. The standard InChI is InChI=1S/C22H18ClFN6S/c1-29-11-15(10-26-29)14-8-21-22(25-13-27-30(21)12-14)19-7-4-17(9-20(19)24)28-31-18-5-2-16(23)3-6-18/h2-13,22,28H,1H3,(H,25,27). The Kier molecular flexibility index (Phi) is 5.17. The van der Waals surface area contributed by atoms with Gasteiger partial charge in [0, 0.05) is 51.7 Å². The summed E-state index contributed by atoms with van der Waals surface area (Å²) in [5.41, 5.74) is 4.04. The molecule has 4 aromatic rings. The first-order valence-corrected chi connectivity index (χ1v) is 10.7. The monoisotopic (exact) mass is 452 g/mol. The smallest absolute Gasteiger partial charge is 0.130 e. The lowest BCUT2D eigenvalue weighted by Gasteiger charge is -2.22. The Balaban J connectivity index is 1.38. The van der Waals surface area contributed by atoms with Gasteiger partial charge in [-0.1, -0.05) is 17.7 Å². The molecule has 3 heterocycles. The van der Waals surface area contributed by atoms with Crippen LogP contribution >= 0.6 is 23.5 Å². The largest absolute Gasteiger partial charge is 0.362 e. The summed E-state index contributed by atoms with van der Waals surface area (Å²) in [6, 6.07) is 14.3. The summed E-state index contributed by atoms with van der Waals surface area (Å²) in [4.78, 5) is 0.986. The molecular formula is C22H18ClFN6S. The summed E-state index contributed by atoms with van der Waals surface area (Å²) in [6.45, 7) is 0. The number of nitrogens with zero attached hydrogens (tertiary/aromatic N) is 4. The van der Waals surface area contributed by atoms with Gasteiger partial charge < -0.3 is 10.0 Å². The van der Waals surface area contributed by atoms with Gasteiger partial charge in [0.2, 0.25) is 0 Å². The number of hydrogen-bond acceptors (Lipinski definition) is 5. The minimum absolute atomic E-state index is 0.301. The van der Waals surface area contributed by atoms with E-state index < -0.39 is 0 Å². The lowest BCUT2D eigenvalue weighted by molar-refractivity contribution is 0.569. The fraction of sp³-hybridized carbons (Fsp3) is 0.0909. The lowest BCUT2D eigenvalue weighted by Crippen LogP contribution is -2.27. The van der Waals surface area contributed by atoms with E-state index >= 15 is 4.39 Å². The summed E-state index contributed by atoms with van der Waals surface area (Å²) in [5.74, 6) is -0.301. The van der Waals surface area contributed by atoms with Gasteiger partial charge in [0.15, 0.2) is 0 Å². The Morgan fingerprint density at radius 3 is 2.68 bits per heavy atom. The fourth-order valence-electron chi connectivity index (χ4n) is 3.46. The third kappa shape index (κ3) is 4.04. The van der Waals surface area contributed by atoms with Gasteiger partial charge in [-0.25, -0.2) is 9.07 Å². The molecule has 156 valence electrons. The van der Waals surface area contributed by atoms with Crippen LogP contribution in [0.4, 0.5) is 10.1 Å². The zero-order valence-corrected chi connectivity index (χ0v) is 18.0. The van der Waals surface area contributed by atoms with Crippen LogP contribution in [0.1, 0.15) is 17.3 Å². The van der Waals surface area contributed by atoms with Crippen LogP contribution in [0.2, 0.25) is 5.02 Å². The molecule has 0 aliphatic carbocycles. The predicted octanol–water partition coefficient (Wildman–Crippen LogP) is 5.28. The highest BCUT2D eigenvalue weighted by Crippen LogP contribution is 2.33. The van der Waals surface area contributed by atoms with Gasteiger partial charge in [-0.05, 0) is 54.4 Å². The molecule has 0 bridgehead atoms. The third-order valence-electron chi connectivity index (χ3n) is 5.00. The van der Waals surface area contributed by atoms with Crippen LogP contribution < -0.4 is 10.0 Å². The van der Waals surface area contributed by atoms with Gasteiger partial charge in [-0.3, -0.25) is 4.68 Å². The van der Waals surface area contributed by atoms with Crippen molar-refractivity contribution in [3.63, 3.8) is 0 Å². The number of nitrogens with one attached hydrogen (secondary N) is 2. The number of rotatable bonds is 5. The minimum Gasteiger partial charge on any atom is -0.362 e. The molecule has 9 heteroatoms. The van der Waals surface area contributed by atoms with Crippen LogP contribution in [0.5, 0.6) is 0 Å². The number of halogens is 2. The number of aromatic nitrogens is 3. The highest BCUT2D eigenvalue weighted by atomic mass is 35.5. The van der Waals surface area contributed by atoms with Crippen LogP contribution in [0.15, 0.2) is 77.1 Å². The number of benzene rings is 2. The number of fused-ring (bicyclic) bond motifs is 1. The topological polar surface area (TPSA) is 59.2 Å². The van der Waals surface area contributed by atoms with E-state index in [4.69, 9.17) is 11.6 Å². The van der Waals surface area contributed by atoms with E-state index in [1.54, 1.807) is 28.0 Å². The van der Waals surface area contributed by atoms with Crippen molar-refractivity contribution in [1.82, 2.24) is 19.8 Å². The normalized spacial score (nSPS) is 14.9. The van der Waals surface area contributed by atoms with Gasteiger partial charge in [0.1, 0.15) is 12.2 Å². The van der Waals surface area contributed by atoms with Gasteiger partial charge in [-0.15, -0.1) is 0 Å². The Morgan fingerprint density at radius 2 is 1.94 bits per heavy atom. The predicted molar refractivity (Wildman–Crippen MR) is 123 cm³/mol. The van der Waals surface area contributed by atoms with E-state index in [2.05, 4.69) is 20.2 Å². The molecule has 5 rings (SSSR count). The van der Waals surface area contributed by atoms with Crippen molar-refractivity contribution in [2.75, 3.05) is 4.72 Å². The van der Waals surface area contributed by atoms with Crippen LogP contribution in [0.3, 0.4) is 0 Å². The summed E-state index contributed by atoms with van der Waals surface area (Å²) in [6.07, 6.45) is 7.25. The summed E-state index contributed by atoms with van der Waals surface area (Å²) in [7, 11) is 1.87. The Bertz CT molecular complexity index is 1260.